The maximum Gasteiger partial charge on any atom is 0.487 e. The smallest absolute Gasteiger partial charge is 0.275 e. The molecule has 0 rings (SSSR count). The third-order valence-electron chi connectivity index (χ3n) is 2.34. The van der Waals surface area contributed by atoms with Gasteiger partial charge in [-0.3, -0.25) is 9.69 Å². The van der Waals surface area contributed by atoms with Gasteiger partial charge < -0.3 is 0 Å². The first-order chi connectivity index (χ1) is 7.43. The van der Waals surface area contributed by atoms with E-state index in [1.54, 1.807) is 6.92 Å². The molecule has 5 heteroatoms. The van der Waals surface area contributed by atoms with Crippen LogP contribution in [0.15, 0.2) is 0 Å². The Morgan fingerprint density at radius 2 is 1.62 bits per heavy atom. The molecular formula is C11H20F3NO. The highest BCUT2D eigenvalue weighted by Gasteiger charge is 2.39. The minimum absolute atomic E-state index is 0.00291. The van der Waals surface area contributed by atoms with E-state index in [0.29, 0.717) is 19.3 Å². The lowest BCUT2D eigenvalue weighted by Gasteiger charge is -2.24. The first-order valence-electron chi connectivity index (χ1n) is 5.80. The molecule has 96 valence electrons. The van der Waals surface area contributed by atoms with Gasteiger partial charge in [-0.15, -0.1) is 13.2 Å². The fourth-order valence-electron chi connectivity index (χ4n) is 1.37. The number of amides is 1. The third kappa shape index (κ3) is 5.98. The van der Waals surface area contributed by atoms with E-state index in [4.69, 9.17) is 0 Å². The number of hydrogen-bond donors (Lipinski definition) is 0. The predicted octanol–water partition coefficient (Wildman–Crippen LogP) is 3.72. The average Bonchev–Trinajstić information content (AvgIpc) is 2.16. The minimum atomic E-state index is -4.53. The van der Waals surface area contributed by atoms with Gasteiger partial charge in [-0.05, 0) is 12.8 Å². The van der Waals surface area contributed by atoms with Crippen molar-refractivity contribution >= 4 is 5.91 Å². The van der Waals surface area contributed by atoms with Crippen molar-refractivity contribution in [3.8, 4) is 0 Å². The second-order valence-corrected chi connectivity index (χ2v) is 3.82. The summed E-state index contributed by atoms with van der Waals surface area (Å²) in [4.78, 5) is 11.4. The summed E-state index contributed by atoms with van der Waals surface area (Å²) < 4.78 is 37.5. The van der Waals surface area contributed by atoms with E-state index in [0.717, 1.165) is 12.8 Å². The van der Waals surface area contributed by atoms with Crippen LogP contribution in [-0.2, 0) is 4.79 Å². The van der Waals surface area contributed by atoms with Gasteiger partial charge in [-0.2, -0.15) is 0 Å². The summed E-state index contributed by atoms with van der Waals surface area (Å²) in [6, 6.07) is 0. The van der Waals surface area contributed by atoms with Gasteiger partial charge in [0.2, 0.25) is 5.91 Å². The van der Waals surface area contributed by atoms with Gasteiger partial charge in [-0.1, -0.05) is 33.1 Å². The van der Waals surface area contributed by atoms with E-state index in [1.807, 2.05) is 6.92 Å². The van der Waals surface area contributed by atoms with Crippen molar-refractivity contribution in [3.05, 3.63) is 0 Å². The molecule has 0 aliphatic heterocycles. The minimum Gasteiger partial charge on any atom is -0.275 e. The number of rotatable bonds is 7. The van der Waals surface area contributed by atoms with Crippen molar-refractivity contribution in [1.82, 2.24) is 4.90 Å². The van der Waals surface area contributed by atoms with Crippen molar-refractivity contribution in [3.63, 3.8) is 0 Å². The summed E-state index contributed by atoms with van der Waals surface area (Å²) in [6.45, 7) is 3.53. The summed E-state index contributed by atoms with van der Waals surface area (Å²) in [5, 5.41) is 0. The van der Waals surface area contributed by atoms with Crippen molar-refractivity contribution < 1.29 is 18.0 Å². The van der Waals surface area contributed by atoms with Crippen LogP contribution in [0.3, 0.4) is 0 Å². The molecule has 1 amide bonds. The molecule has 0 atom stereocenters. The monoisotopic (exact) mass is 239 g/mol. The fraction of sp³-hybridized carbons (Fsp3) is 0.909. The molecule has 0 saturated heterocycles. The number of alkyl halides is 3. The number of carbonyl (C=O) groups is 1. The molecular weight excluding hydrogens is 219 g/mol. The predicted molar refractivity (Wildman–Crippen MR) is 56.8 cm³/mol. The molecule has 0 radical (unpaired) electrons. The second-order valence-electron chi connectivity index (χ2n) is 3.82. The van der Waals surface area contributed by atoms with Crippen LogP contribution in [0, 0.1) is 0 Å². The molecule has 0 unspecified atom stereocenters. The van der Waals surface area contributed by atoms with E-state index in [1.165, 1.54) is 0 Å². The molecule has 16 heavy (non-hydrogen) atoms. The van der Waals surface area contributed by atoms with E-state index in [-0.39, 0.29) is 17.9 Å². The molecule has 0 aromatic rings. The first kappa shape index (κ1) is 15.3. The topological polar surface area (TPSA) is 20.3 Å². The molecule has 0 bridgehead atoms. The highest BCUT2D eigenvalue weighted by atomic mass is 19.4. The second kappa shape index (κ2) is 7.52. The molecule has 0 fully saturated rings. The van der Waals surface area contributed by atoms with E-state index >= 15 is 0 Å². The van der Waals surface area contributed by atoms with E-state index in [9.17, 15) is 18.0 Å². The number of hydrogen-bond acceptors (Lipinski definition) is 1. The van der Waals surface area contributed by atoms with E-state index in [2.05, 4.69) is 0 Å². The van der Waals surface area contributed by atoms with Crippen LogP contribution in [-0.4, -0.2) is 23.7 Å². The molecule has 0 aliphatic rings. The van der Waals surface area contributed by atoms with Gasteiger partial charge in [0.05, 0.1) is 0 Å². The van der Waals surface area contributed by atoms with Crippen molar-refractivity contribution in [2.45, 2.75) is 58.7 Å². The van der Waals surface area contributed by atoms with Crippen LogP contribution >= 0.6 is 0 Å². The Labute approximate surface area is 94.8 Å². The van der Waals surface area contributed by atoms with Crippen LogP contribution in [0.1, 0.15) is 52.4 Å². The van der Waals surface area contributed by atoms with Crippen molar-refractivity contribution in [1.29, 1.82) is 0 Å². The van der Waals surface area contributed by atoms with Gasteiger partial charge in [0.15, 0.2) is 0 Å². The van der Waals surface area contributed by atoms with Gasteiger partial charge >= 0.3 is 6.30 Å². The van der Waals surface area contributed by atoms with Crippen LogP contribution in [0.4, 0.5) is 13.2 Å². The molecule has 2 nitrogen and oxygen atoms in total. The van der Waals surface area contributed by atoms with Crippen molar-refractivity contribution in [2.24, 2.45) is 0 Å². The molecule has 0 saturated carbocycles. The van der Waals surface area contributed by atoms with Gasteiger partial charge in [0.1, 0.15) is 0 Å². The van der Waals surface area contributed by atoms with Crippen LogP contribution in [0.5, 0.6) is 0 Å². The SMILES string of the molecule is CCCCCC(=O)N(CCCC)C(F)(F)F. The third-order valence-corrected chi connectivity index (χ3v) is 2.34. The molecule has 0 spiro atoms. The summed E-state index contributed by atoms with van der Waals surface area (Å²) in [7, 11) is 0. The first-order valence-corrected chi connectivity index (χ1v) is 5.80. The maximum absolute atomic E-state index is 12.5. The zero-order chi connectivity index (χ0) is 12.6. The summed E-state index contributed by atoms with van der Waals surface area (Å²) in [6.07, 6.45) is -1.27. The number of unbranched alkanes of at least 4 members (excludes halogenated alkanes) is 3. The maximum atomic E-state index is 12.5. The Bertz CT molecular complexity index is 204. The molecule has 0 aliphatic carbocycles. The Kier molecular flexibility index (Phi) is 7.17. The lowest BCUT2D eigenvalue weighted by atomic mass is 10.2. The zero-order valence-electron chi connectivity index (χ0n) is 9.94. The Morgan fingerprint density at radius 3 is 2.06 bits per heavy atom. The summed E-state index contributed by atoms with van der Waals surface area (Å²) in [5.74, 6) is -0.797. The average molecular weight is 239 g/mol. The van der Waals surface area contributed by atoms with Gasteiger partial charge in [0, 0.05) is 13.0 Å². The zero-order valence-corrected chi connectivity index (χ0v) is 9.94. The van der Waals surface area contributed by atoms with Gasteiger partial charge in [0.25, 0.3) is 0 Å². The van der Waals surface area contributed by atoms with Gasteiger partial charge in [-0.25, -0.2) is 0 Å². The Balaban J connectivity index is 4.22. The molecule has 0 N–H and O–H groups in total. The quantitative estimate of drug-likeness (QED) is 0.490. The van der Waals surface area contributed by atoms with Crippen LogP contribution in [0.25, 0.3) is 0 Å². The fourth-order valence-corrected chi connectivity index (χ4v) is 1.37. The lowest BCUT2D eigenvalue weighted by Crippen LogP contribution is -2.43. The van der Waals surface area contributed by atoms with Crippen LogP contribution < -0.4 is 0 Å². The normalized spacial score (nSPS) is 11.6. The lowest BCUT2D eigenvalue weighted by molar-refractivity contribution is -0.240. The van der Waals surface area contributed by atoms with Crippen LogP contribution in [0.2, 0.25) is 0 Å². The highest BCUT2D eigenvalue weighted by Crippen LogP contribution is 2.23. The summed E-state index contributed by atoms with van der Waals surface area (Å²) in [5.41, 5.74) is 0. The Hall–Kier alpha value is -0.740. The largest absolute Gasteiger partial charge is 0.487 e. The highest BCUT2D eigenvalue weighted by molar-refractivity contribution is 5.76. The molecule has 0 heterocycles. The standard InChI is InChI=1S/C11H20F3NO/c1-3-5-7-8-10(16)15(9-6-4-2)11(12,13)14/h3-9H2,1-2H3. The summed E-state index contributed by atoms with van der Waals surface area (Å²) >= 11 is 0. The molecule has 0 aromatic heterocycles. The van der Waals surface area contributed by atoms with Crippen molar-refractivity contribution in [2.75, 3.05) is 6.54 Å². The Morgan fingerprint density at radius 1 is 1.06 bits per heavy atom. The van der Waals surface area contributed by atoms with E-state index < -0.39 is 12.2 Å². The number of carbonyl (C=O) groups excluding carboxylic acids is 1. The number of nitrogens with zero attached hydrogens (tertiary/aromatic N) is 1. The number of halogens is 3. The molecule has 0 aromatic carbocycles.